The third-order valence-corrected chi connectivity index (χ3v) is 4.49. The van der Waals surface area contributed by atoms with Gasteiger partial charge < -0.3 is 25.0 Å². The minimum Gasteiger partial charge on any atom is -0.488 e. The Morgan fingerprint density at radius 3 is 2.70 bits per heavy atom. The van der Waals surface area contributed by atoms with Crippen LogP contribution in [0.4, 0.5) is 10.5 Å². The Balaban J connectivity index is 2.25. The summed E-state index contributed by atoms with van der Waals surface area (Å²) in [4.78, 5) is 28.0. The summed E-state index contributed by atoms with van der Waals surface area (Å²) in [5.41, 5.74) is 6.66. The van der Waals surface area contributed by atoms with Gasteiger partial charge in [-0.1, -0.05) is 6.92 Å². The second kappa shape index (κ2) is 8.06. The first-order valence-electron chi connectivity index (χ1n) is 9.19. The zero-order valence-electron chi connectivity index (χ0n) is 17.1. The lowest BCUT2D eigenvalue weighted by molar-refractivity contribution is -0.129. The number of hydrogen-bond donors (Lipinski definition) is 1. The van der Waals surface area contributed by atoms with Crippen LogP contribution in [0.1, 0.15) is 33.3 Å². The van der Waals surface area contributed by atoms with Crippen molar-refractivity contribution >= 4 is 17.7 Å². The smallest absolute Gasteiger partial charge is 0.410 e. The number of nitrogens with two attached hydrogens (primary N) is 1. The first kappa shape index (κ1) is 20.9. The molecule has 2 amide bonds. The third kappa shape index (κ3) is 5.77. The summed E-state index contributed by atoms with van der Waals surface area (Å²) in [5, 5.41) is 0. The normalized spacial score (nSPS) is 20.7. The van der Waals surface area contributed by atoms with E-state index in [9.17, 15) is 9.59 Å². The maximum Gasteiger partial charge on any atom is 0.410 e. The average Bonchev–Trinajstić information content (AvgIpc) is 2.57. The number of fused-ring (bicyclic) bond motifs is 1. The molecule has 2 N–H and O–H groups in total. The van der Waals surface area contributed by atoms with E-state index in [0.717, 1.165) is 5.56 Å². The molecule has 0 saturated heterocycles. The number of amides is 2. The Morgan fingerprint density at radius 1 is 1.41 bits per heavy atom. The van der Waals surface area contributed by atoms with Crippen LogP contribution < -0.4 is 10.5 Å². The highest BCUT2D eigenvalue weighted by atomic mass is 16.6. The van der Waals surface area contributed by atoms with Crippen LogP contribution in [-0.4, -0.2) is 60.7 Å². The fraction of sp³-hybridized carbons (Fsp3) is 0.600. The Labute approximate surface area is 161 Å². The monoisotopic (exact) mass is 377 g/mol. The van der Waals surface area contributed by atoms with E-state index >= 15 is 0 Å². The SMILES string of the molecule is C[C@@H]1CN(C)C(=O)Cc2cc(N)ccc2O[C@@H]1CN(C)C(=O)OC(C)(C)C. The van der Waals surface area contributed by atoms with Crippen molar-refractivity contribution in [1.29, 1.82) is 0 Å². The molecule has 2 rings (SSSR count). The van der Waals surface area contributed by atoms with Crippen molar-refractivity contribution < 1.29 is 19.1 Å². The van der Waals surface area contributed by atoms with Crippen LogP contribution in [0.2, 0.25) is 0 Å². The molecule has 0 spiro atoms. The number of anilines is 1. The number of hydrogen-bond acceptors (Lipinski definition) is 5. The molecule has 1 aliphatic heterocycles. The van der Waals surface area contributed by atoms with Gasteiger partial charge in [-0.2, -0.15) is 0 Å². The standard InChI is InChI=1S/C20H31N3O4/c1-13-11-22(5)18(24)10-14-9-15(21)7-8-16(14)26-17(13)12-23(6)19(25)27-20(2,3)4/h7-9,13,17H,10-12,21H2,1-6H3/t13-,17-/m1/s1. The molecule has 0 bridgehead atoms. The quantitative estimate of drug-likeness (QED) is 0.801. The largest absolute Gasteiger partial charge is 0.488 e. The number of nitrogens with zero attached hydrogens (tertiary/aromatic N) is 2. The summed E-state index contributed by atoms with van der Waals surface area (Å²) < 4.78 is 11.7. The van der Waals surface area contributed by atoms with E-state index in [1.165, 1.54) is 4.90 Å². The van der Waals surface area contributed by atoms with Crippen LogP contribution in [0, 0.1) is 5.92 Å². The highest BCUT2D eigenvalue weighted by Crippen LogP contribution is 2.27. The van der Waals surface area contributed by atoms with Gasteiger partial charge in [0.05, 0.1) is 13.0 Å². The van der Waals surface area contributed by atoms with Crippen molar-refractivity contribution in [3.63, 3.8) is 0 Å². The molecule has 7 heteroatoms. The van der Waals surface area contributed by atoms with Crippen molar-refractivity contribution in [1.82, 2.24) is 9.80 Å². The van der Waals surface area contributed by atoms with Gasteiger partial charge in [-0.25, -0.2) is 4.79 Å². The van der Waals surface area contributed by atoms with Crippen molar-refractivity contribution in [2.45, 2.75) is 45.8 Å². The summed E-state index contributed by atoms with van der Waals surface area (Å²) in [5.74, 6) is 0.660. The highest BCUT2D eigenvalue weighted by Gasteiger charge is 2.30. The van der Waals surface area contributed by atoms with Gasteiger partial charge in [0.25, 0.3) is 0 Å². The Morgan fingerprint density at radius 2 is 2.07 bits per heavy atom. The molecule has 1 heterocycles. The number of rotatable bonds is 2. The molecule has 1 aliphatic rings. The zero-order valence-corrected chi connectivity index (χ0v) is 17.1. The summed E-state index contributed by atoms with van der Waals surface area (Å²) in [6.07, 6.45) is -0.462. The number of ether oxygens (including phenoxy) is 2. The Kier molecular flexibility index (Phi) is 6.23. The molecule has 7 nitrogen and oxygen atoms in total. The van der Waals surface area contributed by atoms with Crippen LogP contribution in [0.25, 0.3) is 0 Å². The fourth-order valence-electron chi connectivity index (χ4n) is 2.98. The molecule has 0 saturated carbocycles. The Bertz CT molecular complexity index is 699. The fourth-order valence-corrected chi connectivity index (χ4v) is 2.98. The molecule has 0 fully saturated rings. The summed E-state index contributed by atoms with van der Waals surface area (Å²) >= 11 is 0. The van der Waals surface area contributed by atoms with Crippen molar-refractivity contribution in [2.24, 2.45) is 5.92 Å². The van der Waals surface area contributed by atoms with Gasteiger partial charge in [0, 0.05) is 37.8 Å². The first-order chi connectivity index (χ1) is 12.5. The van der Waals surface area contributed by atoms with Crippen LogP contribution >= 0.6 is 0 Å². The van der Waals surface area contributed by atoms with Gasteiger partial charge in [-0.15, -0.1) is 0 Å². The summed E-state index contributed by atoms with van der Waals surface area (Å²) in [7, 11) is 3.47. The van der Waals surface area contributed by atoms with E-state index in [2.05, 4.69) is 0 Å². The topological polar surface area (TPSA) is 85.1 Å². The van der Waals surface area contributed by atoms with Gasteiger partial charge in [0.1, 0.15) is 17.5 Å². The van der Waals surface area contributed by atoms with E-state index in [4.69, 9.17) is 15.2 Å². The van der Waals surface area contributed by atoms with E-state index < -0.39 is 11.7 Å². The molecule has 150 valence electrons. The van der Waals surface area contributed by atoms with E-state index in [1.807, 2.05) is 27.7 Å². The third-order valence-electron chi connectivity index (χ3n) is 4.49. The lowest BCUT2D eigenvalue weighted by atomic mass is 10.0. The number of likely N-dealkylation sites (N-methyl/N-ethyl adjacent to an activating group) is 2. The van der Waals surface area contributed by atoms with Crippen molar-refractivity contribution in [3.8, 4) is 5.75 Å². The van der Waals surface area contributed by atoms with Gasteiger partial charge in [-0.05, 0) is 39.0 Å². The van der Waals surface area contributed by atoms with Crippen LogP contribution in [0.5, 0.6) is 5.75 Å². The number of carbonyl (C=O) groups is 2. The van der Waals surface area contributed by atoms with E-state index in [0.29, 0.717) is 24.5 Å². The molecule has 1 aromatic rings. The first-order valence-corrected chi connectivity index (χ1v) is 9.19. The minimum absolute atomic E-state index is 0.0125. The molecular formula is C20H31N3O4. The zero-order chi connectivity index (χ0) is 20.4. The molecule has 0 aromatic heterocycles. The predicted molar refractivity (Wildman–Crippen MR) is 105 cm³/mol. The van der Waals surface area contributed by atoms with Gasteiger partial charge in [0.2, 0.25) is 5.91 Å². The van der Waals surface area contributed by atoms with Crippen LogP contribution in [0.3, 0.4) is 0 Å². The van der Waals surface area contributed by atoms with Crippen molar-refractivity contribution in [2.75, 3.05) is 32.9 Å². The van der Waals surface area contributed by atoms with Crippen LogP contribution in [0.15, 0.2) is 18.2 Å². The molecule has 2 atom stereocenters. The molecule has 27 heavy (non-hydrogen) atoms. The average molecular weight is 377 g/mol. The van der Waals surface area contributed by atoms with Gasteiger partial charge in [0.15, 0.2) is 0 Å². The van der Waals surface area contributed by atoms with E-state index in [-0.39, 0.29) is 24.3 Å². The number of carbonyl (C=O) groups excluding carboxylic acids is 2. The second-order valence-corrected chi connectivity index (χ2v) is 8.31. The number of nitrogen functional groups attached to an aromatic ring is 1. The summed E-state index contributed by atoms with van der Waals surface area (Å²) in [6, 6.07) is 5.31. The number of benzene rings is 1. The lowest BCUT2D eigenvalue weighted by Crippen LogP contribution is -2.45. The molecule has 1 aromatic carbocycles. The lowest BCUT2D eigenvalue weighted by Gasteiger charge is -2.31. The predicted octanol–water partition coefficient (Wildman–Crippen LogP) is 2.53. The minimum atomic E-state index is -0.563. The maximum absolute atomic E-state index is 12.5. The Hall–Kier alpha value is -2.44. The van der Waals surface area contributed by atoms with Crippen molar-refractivity contribution in [3.05, 3.63) is 23.8 Å². The molecular weight excluding hydrogens is 346 g/mol. The van der Waals surface area contributed by atoms with Crippen LogP contribution in [-0.2, 0) is 16.0 Å². The second-order valence-electron chi connectivity index (χ2n) is 8.31. The van der Waals surface area contributed by atoms with Gasteiger partial charge >= 0.3 is 6.09 Å². The summed E-state index contributed by atoms with van der Waals surface area (Å²) in [6.45, 7) is 8.40. The van der Waals surface area contributed by atoms with E-state index in [1.54, 1.807) is 37.2 Å². The maximum atomic E-state index is 12.5. The molecule has 0 unspecified atom stereocenters. The molecule has 0 aliphatic carbocycles. The van der Waals surface area contributed by atoms with Gasteiger partial charge in [-0.3, -0.25) is 4.79 Å². The highest BCUT2D eigenvalue weighted by molar-refractivity contribution is 5.79. The molecule has 0 radical (unpaired) electrons.